The third kappa shape index (κ3) is 11.0. The molecule has 0 unspecified atom stereocenters. The van der Waals surface area contributed by atoms with Crippen molar-refractivity contribution in [3.05, 3.63) is 85.6 Å². The number of rotatable bonds is 0. The van der Waals surface area contributed by atoms with Crippen molar-refractivity contribution < 1.29 is 27.2 Å². The monoisotopic (exact) mass is 318 g/mol. The zero-order chi connectivity index (χ0) is 15.9. The Hall–Kier alpha value is -2.55. The summed E-state index contributed by atoms with van der Waals surface area (Å²) in [6.45, 7) is 7.44. The first kappa shape index (κ1) is 18.5. The Morgan fingerprint density at radius 2 is 0.905 bits per heavy atom. The maximum Gasteiger partial charge on any atom is -0.0866 e. The normalized spacial score (nSPS) is 7.43. The van der Waals surface area contributed by atoms with Gasteiger partial charge < -0.3 is 0 Å². The largest absolute Gasteiger partial charge is 0.199 e. The van der Waals surface area contributed by atoms with Crippen LogP contribution in [0.2, 0.25) is 0 Å². The number of carbonyl (C=O) groups excluding carboxylic acids is 3. The minimum atomic E-state index is -2.47. The van der Waals surface area contributed by atoms with Gasteiger partial charge in [-0.25, -0.2) is 0 Å². The van der Waals surface area contributed by atoms with Gasteiger partial charge in [0.05, 0.1) is 0 Å². The molecule has 0 bridgehead atoms. The first-order chi connectivity index (χ1) is 10.1. The number of hydrogen-bond acceptors (Lipinski definition) is 3. The molecule has 0 aromatic heterocycles. The van der Waals surface area contributed by atoms with E-state index in [0.29, 0.717) is 0 Å². The predicted octanol–water partition coefficient (Wildman–Crippen LogP) is 2.54. The SMILES string of the molecule is O=[C]=[Cr](=[C]=O)=[C]=O.[CH2-]c1ccccc1.[CH2-]c1ccccc1. The predicted molar refractivity (Wildman–Crippen MR) is 78.9 cm³/mol. The van der Waals surface area contributed by atoms with Crippen molar-refractivity contribution in [2.75, 3.05) is 0 Å². The molecule has 0 spiro atoms. The molecule has 2 aromatic carbocycles. The van der Waals surface area contributed by atoms with E-state index in [-0.39, 0.29) is 0 Å². The topological polar surface area (TPSA) is 51.2 Å². The molecule has 0 saturated carbocycles. The van der Waals surface area contributed by atoms with Crippen LogP contribution in [0.5, 0.6) is 0 Å². The van der Waals surface area contributed by atoms with Crippen LogP contribution in [0.3, 0.4) is 0 Å². The fraction of sp³-hybridized carbons (Fsp3) is 0. The van der Waals surface area contributed by atoms with Crippen LogP contribution >= 0.6 is 0 Å². The van der Waals surface area contributed by atoms with Crippen molar-refractivity contribution in [1.82, 2.24) is 0 Å². The second-order valence-electron chi connectivity index (χ2n) is 3.53. The molecule has 0 atom stereocenters. The second kappa shape index (κ2) is 12.5. The molecular weight excluding hydrogens is 304 g/mol. The number of hydrogen-bond donors (Lipinski definition) is 0. The van der Waals surface area contributed by atoms with E-state index in [1.165, 1.54) is 14.2 Å². The zero-order valence-electron chi connectivity index (χ0n) is 11.3. The summed E-state index contributed by atoms with van der Waals surface area (Å²) < 4.78 is 3.69. The molecule has 0 aliphatic carbocycles. The Morgan fingerprint density at radius 3 is 1.00 bits per heavy atom. The molecule has 4 heteroatoms. The molecular formula is C17H14CrO3-2. The van der Waals surface area contributed by atoms with Gasteiger partial charge in [0.1, 0.15) is 0 Å². The van der Waals surface area contributed by atoms with Crippen LogP contribution in [-0.2, 0) is 27.2 Å². The maximum atomic E-state index is 9.37. The van der Waals surface area contributed by atoms with Gasteiger partial charge in [0.15, 0.2) is 0 Å². The van der Waals surface area contributed by atoms with Crippen LogP contribution in [0.4, 0.5) is 0 Å². The molecule has 0 heterocycles. The Bertz CT molecular complexity index is 648. The minimum absolute atomic E-state index is 1.07. The molecule has 21 heavy (non-hydrogen) atoms. The van der Waals surface area contributed by atoms with E-state index in [2.05, 4.69) is 13.8 Å². The quantitative estimate of drug-likeness (QED) is 0.702. The van der Waals surface area contributed by atoms with Gasteiger partial charge in [0.25, 0.3) is 0 Å². The molecule has 0 aliphatic rings. The van der Waals surface area contributed by atoms with Crippen LogP contribution in [0.15, 0.2) is 60.7 Å². The molecule has 0 radical (unpaired) electrons. The standard InChI is InChI=1S/2C7H7.3CO.Cr/c2*1-7-5-3-2-4-6-7;3*1-2;/h2*2-6H,1H2;;;;/q2*-1;;;;. The average molecular weight is 318 g/mol. The van der Waals surface area contributed by atoms with E-state index >= 15 is 0 Å². The summed E-state index contributed by atoms with van der Waals surface area (Å²) in [5, 5.41) is 0. The van der Waals surface area contributed by atoms with Gasteiger partial charge >= 0.3 is 41.5 Å². The summed E-state index contributed by atoms with van der Waals surface area (Å²) in [7, 11) is 0. The Balaban J connectivity index is 0.000000286. The first-order valence-corrected chi connectivity index (χ1v) is 7.67. The summed E-state index contributed by atoms with van der Waals surface area (Å²) >= 11 is -2.47. The van der Waals surface area contributed by atoms with Crippen LogP contribution < -0.4 is 0 Å². The van der Waals surface area contributed by atoms with Gasteiger partial charge in [-0.2, -0.15) is 49.2 Å². The Kier molecular flexibility index (Phi) is 11.0. The van der Waals surface area contributed by atoms with Crippen LogP contribution in [0.25, 0.3) is 0 Å². The van der Waals surface area contributed by atoms with Crippen molar-refractivity contribution >= 4 is 14.2 Å². The van der Waals surface area contributed by atoms with E-state index in [1.807, 2.05) is 60.7 Å². The van der Waals surface area contributed by atoms with E-state index in [4.69, 9.17) is 0 Å². The third-order valence-corrected chi connectivity index (χ3v) is 2.72. The van der Waals surface area contributed by atoms with Gasteiger partial charge in [-0.3, -0.25) is 0 Å². The molecule has 0 saturated heterocycles. The van der Waals surface area contributed by atoms with Crippen LogP contribution in [-0.4, -0.2) is 14.2 Å². The summed E-state index contributed by atoms with van der Waals surface area (Å²) in [5.74, 6) is 0. The molecule has 2 aromatic rings. The molecule has 3 nitrogen and oxygen atoms in total. The van der Waals surface area contributed by atoms with Gasteiger partial charge in [-0.05, 0) is 0 Å². The average Bonchev–Trinajstić information content (AvgIpc) is 2.52. The summed E-state index contributed by atoms with van der Waals surface area (Å²) in [6, 6.07) is 19.7. The molecule has 0 N–H and O–H groups in total. The fourth-order valence-electron chi connectivity index (χ4n) is 1.01. The molecule has 108 valence electrons. The first-order valence-electron chi connectivity index (χ1n) is 5.75. The van der Waals surface area contributed by atoms with Gasteiger partial charge in [-0.15, -0.1) is 24.3 Å². The van der Waals surface area contributed by atoms with Gasteiger partial charge in [0, 0.05) is 0 Å². The Morgan fingerprint density at radius 1 is 0.619 bits per heavy atom. The van der Waals surface area contributed by atoms with E-state index in [9.17, 15) is 14.4 Å². The number of benzene rings is 2. The van der Waals surface area contributed by atoms with Crippen molar-refractivity contribution in [2.24, 2.45) is 0 Å². The minimum Gasteiger partial charge on any atom is -0.199 e. The second-order valence-corrected chi connectivity index (χ2v) is 5.26. The van der Waals surface area contributed by atoms with E-state index < -0.39 is 12.8 Å². The maximum absolute atomic E-state index is 9.37. The Labute approximate surface area is 127 Å². The fourth-order valence-corrected chi connectivity index (χ4v) is 1.17. The summed E-state index contributed by atoms with van der Waals surface area (Å²) in [6.07, 6.45) is 0. The molecule has 2 rings (SSSR count). The summed E-state index contributed by atoms with van der Waals surface area (Å²) in [4.78, 5) is 28.1. The third-order valence-electron chi connectivity index (χ3n) is 1.94. The zero-order valence-corrected chi connectivity index (χ0v) is 12.6. The van der Waals surface area contributed by atoms with Crippen LogP contribution in [0.1, 0.15) is 11.1 Å². The molecule has 0 aliphatic heterocycles. The van der Waals surface area contributed by atoms with Crippen LogP contribution in [0, 0.1) is 13.8 Å². The van der Waals surface area contributed by atoms with E-state index in [0.717, 1.165) is 11.1 Å². The van der Waals surface area contributed by atoms with Crippen molar-refractivity contribution in [3.63, 3.8) is 0 Å². The van der Waals surface area contributed by atoms with Crippen molar-refractivity contribution in [2.45, 2.75) is 0 Å². The van der Waals surface area contributed by atoms with E-state index in [1.54, 1.807) is 0 Å². The molecule has 0 fully saturated rings. The van der Waals surface area contributed by atoms with Gasteiger partial charge in [0.2, 0.25) is 0 Å². The molecule has 0 amide bonds. The van der Waals surface area contributed by atoms with Crippen molar-refractivity contribution in [3.8, 4) is 0 Å². The van der Waals surface area contributed by atoms with Crippen molar-refractivity contribution in [1.29, 1.82) is 0 Å². The summed E-state index contributed by atoms with van der Waals surface area (Å²) in [5.41, 5.74) is 2.14. The van der Waals surface area contributed by atoms with Gasteiger partial charge in [-0.1, -0.05) is 12.1 Å². The smallest absolute Gasteiger partial charge is 0.0866 e.